The molecule has 4 heteroatoms. The normalized spacial score (nSPS) is 11.3. The Hall–Kier alpha value is -2.59. The number of benzene rings is 2. The third-order valence-corrected chi connectivity index (χ3v) is 4.41. The van der Waals surface area contributed by atoms with Crippen LogP contribution in [-0.2, 0) is 13.0 Å². The molecule has 1 aromatic heterocycles. The van der Waals surface area contributed by atoms with E-state index in [1.165, 1.54) is 11.1 Å². The van der Waals surface area contributed by atoms with Crippen molar-refractivity contribution in [3.63, 3.8) is 0 Å². The summed E-state index contributed by atoms with van der Waals surface area (Å²) in [5, 5.41) is 4.26. The molecule has 3 aromatic rings. The Morgan fingerprint density at radius 1 is 0.920 bits per heavy atom. The highest BCUT2D eigenvalue weighted by Crippen LogP contribution is 2.18. The zero-order chi connectivity index (χ0) is 17.3. The third-order valence-electron chi connectivity index (χ3n) is 3.80. The van der Waals surface area contributed by atoms with Crippen LogP contribution >= 0.6 is 11.8 Å². The predicted molar refractivity (Wildman–Crippen MR) is 108 cm³/mol. The van der Waals surface area contributed by atoms with E-state index >= 15 is 0 Å². The van der Waals surface area contributed by atoms with Gasteiger partial charge < -0.3 is 5.32 Å². The number of amidine groups is 1. The number of aromatic nitrogens is 1. The van der Waals surface area contributed by atoms with Crippen molar-refractivity contribution in [1.29, 1.82) is 0 Å². The van der Waals surface area contributed by atoms with Crippen LogP contribution < -0.4 is 5.32 Å². The molecule has 0 unspecified atom stereocenters. The zero-order valence-electron chi connectivity index (χ0n) is 14.2. The van der Waals surface area contributed by atoms with E-state index in [1.807, 2.05) is 42.8 Å². The summed E-state index contributed by atoms with van der Waals surface area (Å²) in [7, 11) is 0. The molecule has 0 aliphatic rings. The molecule has 0 saturated carbocycles. The summed E-state index contributed by atoms with van der Waals surface area (Å²) < 4.78 is 0. The second kappa shape index (κ2) is 9.04. The fourth-order valence-electron chi connectivity index (χ4n) is 2.51. The molecule has 0 aliphatic carbocycles. The van der Waals surface area contributed by atoms with Crippen molar-refractivity contribution in [2.75, 3.05) is 11.6 Å². The molecule has 0 spiro atoms. The lowest BCUT2D eigenvalue weighted by atomic mass is 10.1. The molecule has 3 nitrogen and oxygen atoms in total. The number of thioether (sulfide) groups is 1. The molecule has 0 atom stereocenters. The second-order valence-electron chi connectivity index (χ2n) is 5.61. The smallest absolute Gasteiger partial charge is 0.162 e. The van der Waals surface area contributed by atoms with Gasteiger partial charge in [0.25, 0.3) is 0 Å². The average molecular weight is 347 g/mol. The van der Waals surface area contributed by atoms with Gasteiger partial charge in [0.2, 0.25) is 0 Å². The van der Waals surface area contributed by atoms with Crippen molar-refractivity contribution in [2.24, 2.45) is 4.99 Å². The highest BCUT2D eigenvalue weighted by Gasteiger charge is 2.07. The van der Waals surface area contributed by atoms with E-state index in [2.05, 4.69) is 57.8 Å². The first-order chi connectivity index (χ1) is 12.3. The molecule has 0 bridgehead atoms. The number of hydrogen-bond donors (Lipinski definition) is 1. The Morgan fingerprint density at radius 3 is 2.28 bits per heavy atom. The number of aliphatic imine (C=N–C) groups is 1. The van der Waals surface area contributed by atoms with Crippen molar-refractivity contribution in [2.45, 2.75) is 13.0 Å². The van der Waals surface area contributed by atoms with E-state index in [4.69, 9.17) is 0 Å². The molecule has 126 valence electrons. The summed E-state index contributed by atoms with van der Waals surface area (Å²) in [6.07, 6.45) is 4.68. The van der Waals surface area contributed by atoms with Crippen LogP contribution in [0.25, 0.3) is 0 Å². The maximum Gasteiger partial charge on any atom is 0.162 e. The summed E-state index contributed by atoms with van der Waals surface area (Å²) in [5.74, 6) is 0.868. The van der Waals surface area contributed by atoms with Gasteiger partial charge in [0, 0.05) is 12.6 Å². The first kappa shape index (κ1) is 17.2. The number of hydrogen-bond acceptors (Lipinski definition) is 3. The molecule has 1 heterocycles. The standard InChI is InChI=1S/C21H21N3S/c1-25-21(23-16-18-11-6-3-7-12-18)24-20-19(13-8-14-22-20)15-17-9-4-2-5-10-17/h2-14H,15-16H2,1H3,(H,22,23,24). The van der Waals surface area contributed by atoms with Gasteiger partial charge >= 0.3 is 0 Å². The molecule has 0 aliphatic heterocycles. The van der Waals surface area contributed by atoms with Gasteiger partial charge in [-0.25, -0.2) is 4.98 Å². The lowest BCUT2D eigenvalue weighted by molar-refractivity contribution is 1.07. The van der Waals surface area contributed by atoms with E-state index in [9.17, 15) is 0 Å². The Labute approximate surface area is 153 Å². The van der Waals surface area contributed by atoms with E-state index in [-0.39, 0.29) is 0 Å². The Morgan fingerprint density at radius 2 is 1.60 bits per heavy atom. The van der Waals surface area contributed by atoms with Crippen LogP contribution in [0.15, 0.2) is 84.0 Å². The van der Waals surface area contributed by atoms with Crippen molar-refractivity contribution < 1.29 is 0 Å². The van der Waals surface area contributed by atoms with Gasteiger partial charge in [0.15, 0.2) is 5.17 Å². The molecule has 1 N–H and O–H groups in total. The van der Waals surface area contributed by atoms with Crippen molar-refractivity contribution in [3.8, 4) is 0 Å². The minimum absolute atomic E-state index is 0.658. The second-order valence-corrected chi connectivity index (χ2v) is 6.40. The van der Waals surface area contributed by atoms with Crippen LogP contribution in [0.3, 0.4) is 0 Å². The summed E-state index contributed by atoms with van der Waals surface area (Å²) in [6.45, 7) is 0.658. The van der Waals surface area contributed by atoms with Gasteiger partial charge in [-0.2, -0.15) is 0 Å². The van der Waals surface area contributed by atoms with Gasteiger partial charge in [-0.05, 0) is 29.0 Å². The lowest BCUT2D eigenvalue weighted by Gasteiger charge is -2.12. The SMILES string of the molecule is CSC(=NCc1ccccc1)Nc1ncccc1Cc1ccccc1. The van der Waals surface area contributed by atoms with Crippen molar-refractivity contribution in [1.82, 2.24) is 4.98 Å². The maximum atomic E-state index is 4.68. The summed E-state index contributed by atoms with van der Waals surface area (Å²) >= 11 is 1.60. The number of nitrogens with one attached hydrogen (secondary N) is 1. The molecule has 0 radical (unpaired) electrons. The van der Waals surface area contributed by atoms with Crippen molar-refractivity contribution >= 4 is 22.7 Å². The molecule has 0 fully saturated rings. The molecule has 25 heavy (non-hydrogen) atoms. The summed E-state index contributed by atoms with van der Waals surface area (Å²) in [6, 6.07) is 24.8. The molecular formula is C21H21N3S. The van der Waals surface area contributed by atoms with Gasteiger partial charge in [0.05, 0.1) is 6.54 Å². The first-order valence-corrected chi connectivity index (χ1v) is 9.45. The van der Waals surface area contributed by atoms with Crippen LogP contribution in [0.4, 0.5) is 5.82 Å². The quantitative estimate of drug-likeness (QED) is 0.521. The van der Waals surface area contributed by atoms with Crippen LogP contribution in [0, 0.1) is 0 Å². The highest BCUT2D eigenvalue weighted by molar-refractivity contribution is 8.13. The number of rotatable bonds is 5. The molecular weight excluding hydrogens is 326 g/mol. The molecule has 3 rings (SSSR count). The Bertz CT molecular complexity index is 817. The van der Waals surface area contributed by atoms with Gasteiger partial charge in [-0.3, -0.25) is 4.99 Å². The predicted octanol–water partition coefficient (Wildman–Crippen LogP) is 5.00. The first-order valence-electron chi connectivity index (χ1n) is 8.22. The van der Waals surface area contributed by atoms with Gasteiger partial charge in [0.1, 0.15) is 5.82 Å². The lowest BCUT2D eigenvalue weighted by Crippen LogP contribution is -2.11. The minimum atomic E-state index is 0.658. The third kappa shape index (κ3) is 5.19. The fraction of sp³-hybridized carbons (Fsp3) is 0.143. The van der Waals surface area contributed by atoms with Crippen LogP contribution in [0.1, 0.15) is 16.7 Å². The Kier molecular flexibility index (Phi) is 6.23. The van der Waals surface area contributed by atoms with Crippen LogP contribution in [0.2, 0.25) is 0 Å². The van der Waals surface area contributed by atoms with Gasteiger partial charge in [-0.15, -0.1) is 0 Å². The number of pyridine rings is 1. The topological polar surface area (TPSA) is 37.3 Å². The summed E-state index contributed by atoms with van der Waals surface area (Å²) in [4.78, 5) is 9.20. The Balaban J connectivity index is 1.74. The molecule has 0 saturated heterocycles. The largest absolute Gasteiger partial charge is 0.319 e. The van der Waals surface area contributed by atoms with Crippen LogP contribution in [-0.4, -0.2) is 16.4 Å². The van der Waals surface area contributed by atoms with E-state index in [1.54, 1.807) is 11.8 Å². The summed E-state index contributed by atoms with van der Waals surface area (Å²) in [5.41, 5.74) is 3.63. The van der Waals surface area contributed by atoms with Crippen molar-refractivity contribution in [3.05, 3.63) is 95.7 Å². The average Bonchev–Trinajstić information content (AvgIpc) is 2.68. The maximum absolute atomic E-state index is 4.68. The van der Waals surface area contributed by atoms with Gasteiger partial charge in [-0.1, -0.05) is 78.5 Å². The minimum Gasteiger partial charge on any atom is -0.319 e. The monoisotopic (exact) mass is 347 g/mol. The van der Waals surface area contributed by atoms with E-state index in [0.717, 1.165) is 23.0 Å². The molecule has 2 aromatic carbocycles. The number of anilines is 1. The van der Waals surface area contributed by atoms with E-state index in [0.29, 0.717) is 6.54 Å². The zero-order valence-corrected chi connectivity index (χ0v) is 15.0. The van der Waals surface area contributed by atoms with E-state index < -0.39 is 0 Å². The highest BCUT2D eigenvalue weighted by atomic mass is 32.2. The van der Waals surface area contributed by atoms with Crippen LogP contribution in [0.5, 0.6) is 0 Å². The number of nitrogens with zero attached hydrogens (tertiary/aromatic N) is 2. The molecule has 0 amide bonds. The fourth-order valence-corrected chi connectivity index (χ4v) is 2.90.